The quantitative estimate of drug-likeness (QED) is 0.603. The van der Waals surface area contributed by atoms with E-state index in [1.807, 2.05) is 11.2 Å². The highest BCUT2D eigenvalue weighted by molar-refractivity contribution is 7.98. The van der Waals surface area contributed by atoms with E-state index in [4.69, 9.17) is 11.6 Å². The first kappa shape index (κ1) is 16.8. The van der Waals surface area contributed by atoms with E-state index >= 15 is 0 Å². The van der Waals surface area contributed by atoms with Gasteiger partial charge in [0.15, 0.2) is 10.9 Å². The van der Waals surface area contributed by atoms with Crippen LogP contribution >= 0.6 is 23.4 Å². The molecule has 2 aromatic rings. The summed E-state index contributed by atoms with van der Waals surface area (Å²) in [5.41, 5.74) is 0.285. The average molecular weight is 379 g/mol. The van der Waals surface area contributed by atoms with Gasteiger partial charge in [0.1, 0.15) is 11.6 Å². The summed E-state index contributed by atoms with van der Waals surface area (Å²) in [6.07, 6.45) is 7.46. The van der Waals surface area contributed by atoms with Gasteiger partial charge in [0.2, 0.25) is 0 Å². The van der Waals surface area contributed by atoms with Crippen LogP contribution in [-0.4, -0.2) is 54.9 Å². The Morgan fingerprint density at radius 3 is 3.04 bits per heavy atom. The molecular formula is C16H19ClN6OS. The smallest absolute Gasteiger partial charge is 0.274 e. The van der Waals surface area contributed by atoms with Crippen molar-refractivity contribution < 1.29 is 4.79 Å². The maximum atomic E-state index is 12.9. The van der Waals surface area contributed by atoms with Crippen LogP contribution in [0.2, 0.25) is 5.02 Å². The largest absolute Gasteiger partial charge is 0.337 e. The monoisotopic (exact) mass is 378 g/mol. The van der Waals surface area contributed by atoms with E-state index in [1.165, 1.54) is 18.0 Å². The van der Waals surface area contributed by atoms with Gasteiger partial charge >= 0.3 is 0 Å². The molecule has 25 heavy (non-hydrogen) atoms. The Bertz CT molecular complexity index is 810. The zero-order chi connectivity index (χ0) is 17.4. The van der Waals surface area contributed by atoms with Gasteiger partial charge in [-0.05, 0) is 25.5 Å². The van der Waals surface area contributed by atoms with Gasteiger partial charge in [-0.1, -0.05) is 23.4 Å². The van der Waals surface area contributed by atoms with Crippen LogP contribution in [0.25, 0.3) is 0 Å². The van der Waals surface area contributed by atoms with Crippen molar-refractivity contribution in [2.75, 3.05) is 19.3 Å². The number of aromatic nitrogens is 5. The molecule has 1 saturated heterocycles. The van der Waals surface area contributed by atoms with Gasteiger partial charge in [0.05, 0.1) is 11.2 Å². The summed E-state index contributed by atoms with van der Waals surface area (Å²) in [7, 11) is 0. The Morgan fingerprint density at radius 1 is 1.32 bits per heavy atom. The van der Waals surface area contributed by atoms with Crippen molar-refractivity contribution >= 4 is 29.3 Å². The predicted octanol–water partition coefficient (Wildman–Crippen LogP) is 2.41. The van der Waals surface area contributed by atoms with E-state index in [2.05, 4.69) is 24.7 Å². The molecule has 0 spiro atoms. The Hall–Kier alpha value is -1.67. The summed E-state index contributed by atoms with van der Waals surface area (Å²) in [6.45, 7) is 2.33. The molecular weight excluding hydrogens is 360 g/mol. The molecule has 1 unspecified atom stereocenters. The second-order valence-electron chi connectivity index (χ2n) is 6.37. The third-order valence-electron chi connectivity index (χ3n) is 4.82. The third-order valence-corrected chi connectivity index (χ3v) is 5.66. The van der Waals surface area contributed by atoms with Gasteiger partial charge in [-0.3, -0.25) is 4.79 Å². The molecule has 1 fully saturated rings. The minimum Gasteiger partial charge on any atom is -0.337 e. The highest BCUT2D eigenvalue weighted by Crippen LogP contribution is 2.29. The number of thioether (sulfide) groups is 1. The summed E-state index contributed by atoms with van der Waals surface area (Å²) in [6, 6.07) is 0. The van der Waals surface area contributed by atoms with E-state index in [9.17, 15) is 4.79 Å². The fraction of sp³-hybridized carbons (Fsp3) is 0.562. The van der Waals surface area contributed by atoms with E-state index in [1.54, 1.807) is 0 Å². The molecule has 0 saturated carbocycles. The molecule has 0 aliphatic carbocycles. The summed E-state index contributed by atoms with van der Waals surface area (Å²) in [5.74, 6) is 2.18. The van der Waals surface area contributed by atoms with Crippen molar-refractivity contribution in [2.24, 2.45) is 0 Å². The molecule has 0 aromatic carbocycles. The summed E-state index contributed by atoms with van der Waals surface area (Å²) in [4.78, 5) is 23.2. The van der Waals surface area contributed by atoms with Crippen LogP contribution in [0.5, 0.6) is 0 Å². The van der Waals surface area contributed by atoms with Gasteiger partial charge < -0.3 is 9.47 Å². The third kappa shape index (κ3) is 3.13. The Morgan fingerprint density at radius 2 is 2.20 bits per heavy atom. The van der Waals surface area contributed by atoms with Gasteiger partial charge in [-0.25, -0.2) is 9.97 Å². The maximum absolute atomic E-state index is 12.9. The van der Waals surface area contributed by atoms with Crippen molar-refractivity contribution in [3.05, 3.63) is 28.6 Å². The molecule has 2 aromatic heterocycles. The number of hydrogen-bond donors (Lipinski definition) is 0. The zero-order valence-corrected chi connectivity index (χ0v) is 15.6. The zero-order valence-electron chi connectivity index (χ0n) is 14.0. The lowest BCUT2D eigenvalue weighted by molar-refractivity contribution is 0.0696. The number of likely N-dealkylation sites (tertiary alicyclic amines) is 1. The minimum absolute atomic E-state index is 0.131. The predicted molar refractivity (Wildman–Crippen MR) is 95.0 cm³/mol. The number of amides is 1. The average Bonchev–Trinajstić information content (AvgIpc) is 3.25. The minimum atomic E-state index is -0.131. The SMILES string of the molecule is CSc1ncc(Cl)c(C(=O)N2CCCC(c3nnc4n3CCC4)C2)n1. The van der Waals surface area contributed by atoms with Gasteiger partial charge in [-0.2, -0.15) is 0 Å². The second-order valence-corrected chi connectivity index (χ2v) is 7.55. The van der Waals surface area contributed by atoms with Gasteiger partial charge in [-0.15, -0.1) is 10.2 Å². The molecule has 1 amide bonds. The first-order valence-electron chi connectivity index (χ1n) is 8.45. The van der Waals surface area contributed by atoms with Gasteiger partial charge in [0, 0.05) is 32.0 Å². The molecule has 2 aliphatic rings. The molecule has 0 bridgehead atoms. The molecule has 4 heterocycles. The number of rotatable bonds is 3. The molecule has 9 heteroatoms. The lowest BCUT2D eigenvalue weighted by Gasteiger charge is -2.32. The second kappa shape index (κ2) is 6.92. The normalized spacial score (nSPS) is 19.9. The van der Waals surface area contributed by atoms with Gasteiger partial charge in [0.25, 0.3) is 5.91 Å². The van der Waals surface area contributed by atoms with Crippen LogP contribution in [0.4, 0.5) is 0 Å². The number of carbonyl (C=O) groups excluding carboxylic acids is 1. The van der Waals surface area contributed by atoms with Crippen molar-refractivity contribution in [1.82, 2.24) is 29.6 Å². The first-order valence-corrected chi connectivity index (χ1v) is 10.1. The molecule has 7 nitrogen and oxygen atoms in total. The molecule has 4 rings (SSSR count). The fourth-order valence-corrected chi connectivity index (χ4v) is 4.11. The Kier molecular flexibility index (Phi) is 4.64. The first-order chi connectivity index (χ1) is 12.2. The van der Waals surface area contributed by atoms with Crippen molar-refractivity contribution in [2.45, 2.75) is 43.3 Å². The maximum Gasteiger partial charge on any atom is 0.274 e. The van der Waals surface area contributed by atoms with Crippen molar-refractivity contribution in [3.63, 3.8) is 0 Å². The molecule has 2 aliphatic heterocycles. The van der Waals surface area contributed by atoms with Crippen molar-refractivity contribution in [3.8, 4) is 0 Å². The fourth-order valence-electron chi connectivity index (χ4n) is 3.60. The highest BCUT2D eigenvalue weighted by Gasteiger charge is 2.31. The standard InChI is InChI=1S/C16H19ClN6OS/c1-25-16-18-8-11(17)13(19-16)15(24)22-6-2-4-10(9-22)14-21-20-12-5-3-7-23(12)14/h8,10H,2-7,9H2,1H3. The van der Waals surface area contributed by atoms with E-state index in [0.717, 1.165) is 43.9 Å². The molecule has 0 N–H and O–H groups in total. The van der Waals surface area contributed by atoms with Crippen LogP contribution in [0.15, 0.2) is 11.4 Å². The number of piperidine rings is 1. The van der Waals surface area contributed by atoms with Crippen LogP contribution in [0.1, 0.15) is 47.3 Å². The number of hydrogen-bond acceptors (Lipinski definition) is 6. The van der Waals surface area contributed by atoms with Crippen LogP contribution < -0.4 is 0 Å². The Labute approximate surface area is 155 Å². The lowest BCUT2D eigenvalue weighted by atomic mass is 9.97. The number of fused-ring (bicyclic) bond motifs is 1. The molecule has 1 atom stereocenters. The number of carbonyl (C=O) groups is 1. The van der Waals surface area contributed by atoms with Crippen LogP contribution in [-0.2, 0) is 13.0 Å². The van der Waals surface area contributed by atoms with Crippen LogP contribution in [0, 0.1) is 0 Å². The number of halogens is 1. The molecule has 0 radical (unpaired) electrons. The van der Waals surface area contributed by atoms with Crippen molar-refractivity contribution in [1.29, 1.82) is 0 Å². The topological polar surface area (TPSA) is 76.8 Å². The van der Waals surface area contributed by atoms with E-state index in [-0.39, 0.29) is 17.5 Å². The van der Waals surface area contributed by atoms with Crippen LogP contribution in [0.3, 0.4) is 0 Å². The Balaban J connectivity index is 1.56. The molecule has 132 valence electrons. The van der Waals surface area contributed by atoms with E-state index in [0.29, 0.717) is 23.3 Å². The highest BCUT2D eigenvalue weighted by atomic mass is 35.5. The lowest BCUT2D eigenvalue weighted by Crippen LogP contribution is -2.40. The number of aryl methyl sites for hydroxylation is 1. The summed E-state index contributed by atoms with van der Waals surface area (Å²) in [5, 5.41) is 9.55. The summed E-state index contributed by atoms with van der Waals surface area (Å²) < 4.78 is 2.22. The summed E-state index contributed by atoms with van der Waals surface area (Å²) >= 11 is 7.57. The van der Waals surface area contributed by atoms with E-state index < -0.39 is 0 Å². The number of nitrogens with zero attached hydrogens (tertiary/aromatic N) is 6.